The van der Waals surface area contributed by atoms with E-state index in [-0.39, 0.29) is 43.3 Å². The number of ketones is 1. The van der Waals surface area contributed by atoms with Crippen LogP contribution in [0.2, 0.25) is 0 Å². The molecule has 0 aliphatic carbocycles. The molecule has 0 aromatic heterocycles. The Morgan fingerprint density at radius 1 is 1.24 bits per heavy atom. The lowest BCUT2D eigenvalue weighted by Crippen LogP contribution is -2.47. The first-order chi connectivity index (χ1) is 11.4. The third-order valence-electron chi connectivity index (χ3n) is 4.12. The van der Waals surface area contributed by atoms with E-state index in [4.69, 9.17) is 9.47 Å². The summed E-state index contributed by atoms with van der Waals surface area (Å²) in [7, 11) is 0. The molecule has 7 heteroatoms. The van der Waals surface area contributed by atoms with Gasteiger partial charge in [0, 0.05) is 18.9 Å². The van der Waals surface area contributed by atoms with Gasteiger partial charge in [0.05, 0.1) is 12.7 Å². The molecule has 1 aliphatic heterocycles. The normalized spacial score (nSPS) is 19.6. The smallest absolute Gasteiger partial charge is 0.329 e. The van der Waals surface area contributed by atoms with Gasteiger partial charge in [-0.2, -0.15) is 0 Å². The summed E-state index contributed by atoms with van der Waals surface area (Å²) in [6.45, 7) is 10.8. The second-order valence-electron chi connectivity index (χ2n) is 7.65. The van der Waals surface area contributed by atoms with E-state index in [1.807, 2.05) is 27.7 Å². The lowest BCUT2D eigenvalue weighted by molar-refractivity contribution is -0.157. The zero-order chi connectivity index (χ0) is 19.4. The van der Waals surface area contributed by atoms with Crippen LogP contribution in [0.3, 0.4) is 0 Å². The molecule has 7 nitrogen and oxygen atoms in total. The Kier molecular flexibility index (Phi) is 7.56. The molecular formula is C18H31NO6. The number of likely N-dealkylation sites (tertiary alicyclic amines) is 1. The van der Waals surface area contributed by atoms with Gasteiger partial charge < -0.3 is 19.5 Å². The van der Waals surface area contributed by atoms with Crippen molar-refractivity contribution in [2.24, 2.45) is 11.8 Å². The van der Waals surface area contributed by atoms with Crippen molar-refractivity contribution in [2.45, 2.75) is 65.7 Å². The van der Waals surface area contributed by atoms with Gasteiger partial charge in [0.15, 0.2) is 5.78 Å². The summed E-state index contributed by atoms with van der Waals surface area (Å²) < 4.78 is 10.6. The van der Waals surface area contributed by atoms with Gasteiger partial charge in [-0.1, -0.05) is 13.8 Å². The highest BCUT2D eigenvalue weighted by molar-refractivity contribution is 5.96. The molecule has 2 atom stereocenters. The van der Waals surface area contributed by atoms with Gasteiger partial charge in [0.1, 0.15) is 18.2 Å². The van der Waals surface area contributed by atoms with Crippen molar-refractivity contribution < 1.29 is 29.0 Å². The van der Waals surface area contributed by atoms with E-state index in [9.17, 15) is 19.5 Å². The van der Waals surface area contributed by atoms with Crippen molar-refractivity contribution in [3.05, 3.63) is 0 Å². The molecule has 1 aliphatic rings. The van der Waals surface area contributed by atoms with Crippen LogP contribution < -0.4 is 0 Å². The second kappa shape index (κ2) is 8.76. The van der Waals surface area contributed by atoms with Crippen LogP contribution in [0.1, 0.15) is 48.0 Å². The highest BCUT2D eigenvalue weighted by atomic mass is 16.6. The van der Waals surface area contributed by atoms with Crippen LogP contribution >= 0.6 is 0 Å². The molecule has 0 aromatic carbocycles. The molecule has 1 amide bonds. The number of aliphatic hydroxyl groups is 1. The average Bonchev–Trinajstić information content (AvgIpc) is 2.83. The summed E-state index contributed by atoms with van der Waals surface area (Å²) in [4.78, 5) is 38.4. The van der Waals surface area contributed by atoms with Gasteiger partial charge in [-0.25, -0.2) is 4.79 Å². The summed E-state index contributed by atoms with van der Waals surface area (Å²) in [5.74, 6) is -1.91. The molecule has 0 aromatic rings. The van der Waals surface area contributed by atoms with Gasteiger partial charge in [0.25, 0.3) is 0 Å². The topological polar surface area (TPSA) is 93.1 Å². The SMILES string of the molecule is CC(C)OCCOC(=O)C(C(C)C)N1CC(C(=O)C(C)(C)O)CC1=O. The van der Waals surface area contributed by atoms with E-state index in [0.29, 0.717) is 6.61 Å². The first kappa shape index (κ1) is 21.6. The number of Topliss-reactive ketones (excluding diaryl/α,β-unsaturated/α-hetero) is 1. The maximum Gasteiger partial charge on any atom is 0.329 e. The van der Waals surface area contributed by atoms with E-state index in [1.165, 1.54) is 18.7 Å². The first-order valence-electron chi connectivity index (χ1n) is 8.79. The summed E-state index contributed by atoms with van der Waals surface area (Å²) >= 11 is 0. The predicted octanol–water partition coefficient (Wildman–Crippen LogP) is 1.17. The van der Waals surface area contributed by atoms with Crippen LogP contribution in [0.4, 0.5) is 0 Å². The number of carbonyl (C=O) groups is 3. The van der Waals surface area contributed by atoms with Gasteiger partial charge in [0.2, 0.25) is 5.91 Å². The average molecular weight is 357 g/mol. The lowest BCUT2D eigenvalue weighted by atomic mass is 9.91. The first-order valence-corrected chi connectivity index (χ1v) is 8.79. The molecule has 1 fully saturated rings. The third-order valence-corrected chi connectivity index (χ3v) is 4.12. The quantitative estimate of drug-likeness (QED) is 0.492. The van der Waals surface area contributed by atoms with Crippen molar-refractivity contribution in [3.8, 4) is 0 Å². The number of ether oxygens (including phenoxy) is 2. The van der Waals surface area contributed by atoms with Gasteiger partial charge in [-0.3, -0.25) is 9.59 Å². The Bertz CT molecular complexity index is 494. The standard InChI is InChI=1S/C18H31NO6/c1-11(2)15(17(22)25-8-7-24-12(3)4)19-10-13(9-14(19)20)16(21)18(5,6)23/h11-13,15,23H,7-10H2,1-6H3. The van der Waals surface area contributed by atoms with E-state index < -0.39 is 23.5 Å². The number of carbonyl (C=O) groups excluding carboxylic acids is 3. The van der Waals surface area contributed by atoms with E-state index in [2.05, 4.69) is 0 Å². The number of rotatable bonds is 9. The highest BCUT2D eigenvalue weighted by Gasteiger charge is 2.44. The number of amides is 1. The maximum absolute atomic E-state index is 12.4. The third kappa shape index (κ3) is 6.08. The fraction of sp³-hybridized carbons (Fsp3) is 0.833. The molecule has 1 heterocycles. The molecule has 2 unspecified atom stereocenters. The highest BCUT2D eigenvalue weighted by Crippen LogP contribution is 2.27. The Hall–Kier alpha value is -1.47. The molecular weight excluding hydrogens is 326 g/mol. The minimum Gasteiger partial charge on any atom is -0.462 e. The summed E-state index contributed by atoms with van der Waals surface area (Å²) in [6.07, 6.45) is 0.0591. The minimum atomic E-state index is -1.50. The summed E-state index contributed by atoms with van der Waals surface area (Å²) in [6, 6.07) is -0.744. The fourth-order valence-corrected chi connectivity index (χ4v) is 2.95. The monoisotopic (exact) mass is 357 g/mol. The Morgan fingerprint density at radius 3 is 2.32 bits per heavy atom. The van der Waals surface area contributed by atoms with Crippen LogP contribution in [0.5, 0.6) is 0 Å². The number of nitrogens with zero attached hydrogens (tertiary/aromatic N) is 1. The Labute approximate surface area is 149 Å². The second-order valence-corrected chi connectivity index (χ2v) is 7.65. The van der Waals surface area contributed by atoms with Crippen molar-refractivity contribution in [2.75, 3.05) is 19.8 Å². The van der Waals surface area contributed by atoms with Gasteiger partial charge in [-0.05, 0) is 33.6 Å². The number of esters is 1. The zero-order valence-electron chi connectivity index (χ0n) is 16.1. The molecule has 144 valence electrons. The van der Waals surface area contributed by atoms with Crippen molar-refractivity contribution in [1.29, 1.82) is 0 Å². The number of hydrogen-bond acceptors (Lipinski definition) is 6. The summed E-state index contributed by atoms with van der Waals surface area (Å²) in [5, 5.41) is 9.88. The van der Waals surface area contributed by atoms with Crippen LogP contribution in [0.15, 0.2) is 0 Å². The molecule has 0 radical (unpaired) electrons. The lowest BCUT2D eigenvalue weighted by Gasteiger charge is -2.29. The van der Waals surface area contributed by atoms with Crippen LogP contribution in [-0.4, -0.2) is 65.2 Å². The summed E-state index contributed by atoms with van der Waals surface area (Å²) in [5.41, 5.74) is -1.50. The maximum atomic E-state index is 12.4. The molecule has 0 saturated carbocycles. The Balaban J connectivity index is 2.74. The zero-order valence-corrected chi connectivity index (χ0v) is 16.1. The van der Waals surface area contributed by atoms with Crippen molar-refractivity contribution in [3.63, 3.8) is 0 Å². The van der Waals surface area contributed by atoms with Gasteiger partial charge >= 0.3 is 5.97 Å². The minimum absolute atomic E-state index is 0.00971. The largest absolute Gasteiger partial charge is 0.462 e. The van der Waals surface area contributed by atoms with Crippen LogP contribution in [0.25, 0.3) is 0 Å². The van der Waals surface area contributed by atoms with Crippen LogP contribution in [-0.2, 0) is 23.9 Å². The Morgan fingerprint density at radius 2 is 1.84 bits per heavy atom. The molecule has 1 saturated heterocycles. The molecule has 25 heavy (non-hydrogen) atoms. The fourth-order valence-electron chi connectivity index (χ4n) is 2.95. The van der Waals surface area contributed by atoms with Gasteiger partial charge in [-0.15, -0.1) is 0 Å². The number of hydrogen-bond donors (Lipinski definition) is 1. The van der Waals surface area contributed by atoms with Crippen LogP contribution in [0, 0.1) is 11.8 Å². The molecule has 0 spiro atoms. The van der Waals surface area contributed by atoms with Crippen molar-refractivity contribution in [1.82, 2.24) is 4.90 Å². The van der Waals surface area contributed by atoms with E-state index in [1.54, 1.807) is 0 Å². The molecule has 1 rings (SSSR count). The predicted molar refractivity (Wildman–Crippen MR) is 91.8 cm³/mol. The van der Waals surface area contributed by atoms with Crippen molar-refractivity contribution >= 4 is 17.7 Å². The molecule has 0 bridgehead atoms. The van der Waals surface area contributed by atoms with E-state index >= 15 is 0 Å². The molecule has 1 N–H and O–H groups in total. The van der Waals surface area contributed by atoms with E-state index in [0.717, 1.165) is 0 Å².